The number of thiocarbonyl (C=S) groups is 1. The number of thioether (sulfide) groups is 1. The second-order valence-electron chi connectivity index (χ2n) is 6.70. The van der Waals surface area contributed by atoms with Crippen LogP contribution in [0.15, 0.2) is 64.3 Å². The predicted molar refractivity (Wildman–Crippen MR) is 124 cm³/mol. The molecule has 1 amide bonds. The molecule has 1 aromatic heterocycles. The summed E-state index contributed by atoms with van der Waals surface area (Å²) in [5.74, 6) is 0.391. The largest absolute Gasteiger partial charge is 0.497 e. The van der Waals surface area contributed by atoms with Gasteiger partial charge in [-0.25, -0.2) is 4.68 Å². The Balaban J connectivity index is 1.77. The molecule has 0 radical (unpaired) electrons. The number of carbonyl (C=O) groups is 1. The summed E-state index contributed by atoms with van der Waals surface area (Å²) in [4.78, 5) is 28.3. The van der Waals surface area contributed by atoms with Crippen molar-refractivity contribution in [3.8, 4) is 11.4 Å². The van der Waals surface area contributed by atoms with Gasteiger partial charge in [-0.2, -0.15) is 0 Å². The topological polar surface area (TPSA) is 56.5 Å². The summed E-state index contributed by atoms with van der Waals surface area (Å²) in [6.45, 7) is 1.81. The number of hydrogen-bond donors (Lipinski definition) is 0. The summed E-state index contributed by atoms with van der Waals surface area (Å²) in [6, 6.07) is 16.7. The lowest BCUT2D eigenvalue weighted by Crippen LogP contribution is -2.33. The van der Waals surface area contributed by atoms with E-state index < -0.39 is 0 Å². The lowest BCUT2D eigenvalue weighted by molar-refractivity contribution is -0.113. The second-order valence-corrected chi connectivity index (χ2v) is 8.38. The molecule has 1 fully saturated rings. The standard InChI is InChI=1S/C22H19N3O3S2/c1-14-19(21(27)25(23(14)2)16-9-5-4-6-10-16)24-20(26)18(30-22(24)29)13-15-8-7-11-17(12-15)28-3/h4-13H,1-3H3/b18-13-. The quantitative estimate of drug-likeness (QED) is 0.458. The second kappa shape index (κ2) is 7.97. The number of rotatable bonds is 4. The lowest BCUT2D eigenvalue weighted by Gasteiger charge is -2.12. The van der Waals surface area contributed by atoms with E-state index in [1.165, 1.54) is 21.3 Å². The van der Waals surface area contributed by atoms with E-state index >= 15 is 0 Å². The van der Waals surface area contributed by atoms with Gasteiger partial charge in [0.2, 0.25) is 0 Å². The van der Waals surface area contributed by atoms with Gasteiger partial charge in [-0.1, -0.05) is 54.3 Å². The fraction of sp³-hybridized carbons (Fsp3) is 0.136. The van der Waals surface area contributed by atoms with Crippen LogP contribution < -0.4 is 15.2 Å². The maximum Gasteiger partial charge on any atom is 0.296 e. The Kier molecular flexibility index (Phi) is 5.36. The molecule has 2 aromatic carbocycles. The number of nitrogens with zero attached hydrogens (tertiary/aromatic N) is 3. The molecule has 30 heavy (non-hydrogen) atoms. The van der Waals surface area contributed by atoms with E-state index in [1.807, 2.05) is 54.6 Å². The number of aromatic nitrogens is 2. The number of hydrogen-bond acceptors (Lipinski definition) is 5. The molecular formula is C22H19N3O3S2. The zero-order valence-corrected chi connectivity index (χ0v) is 18.3. The Morgan fingerprint density at radius 3 is 2.50 bits per heavy atom. The molecule has 0 N–H and O–H groups in total. The van der Waals surface area contributed by atoms with Crippen molar-refractivity contribution in [1.29, 1.82) is 0 Å². The molecule has 1 aliphatic heterocycles. The molecule has 152 valence electrons. The Morgan fingerprint density at radius 1 is 1.07 bits per heavy atom. The number of methoxy groups -OCH3 is 1. The molecule has 0 unspecified atom stereocenters. The molecule has 6 nitrogen and oxygen atoms in total. The van der Waals surface area contributed by atoms with E-state index in [1.54, 1.807) is 31.8 Å². The first-order valence-electron chi connectivity index (χ1n) is 9.18. The van der Waals surface area contributed by atoms with Gasteiger partial charge >= 0.3 is 0 Å². The van der Waals surface area contributed by atoms with Crippen molar-refractivity contribution in [3.05, 3.63) is 81.1 Å². The van der Waals surface area contributed by atoms with Crippen molar-refractivity contribution < 1.29 is 9.53 Å². The van der Waals surface area contributed by atoms with Crippen LogP contribution in [0.5, 0.6) is 5.75 Å². The Morgan fingerprint density at radius 2 is 1.80 bits per heavy atom. The highest BCUT2D eigenvalue weighted by molar-refractivity contribution is 8.27. The number of carbonyl (C=O) groups excluding carboxylic acids is 1. The summed E-state index contributed by atoms with van der Waals surface area (Å²) in [5, 5.41) is 0. The Bertz CT molecular complexity index is 1240. The molecule has 2 heterocycles. The first-order chi connectivity index (χ1) is 14.4. The van der Waals surface area contributed by atoms with Crippen LogP contribution in [0.4, 0.5) is 5.69 Å². The zero-order valence-electron chi connectivity index (χ0n) is 16.7. The minimum Gasteiger partial charge on any atom is -0.497 e. The average Bonchev–Trinajstić information content (AvgIpc) is 3.14. The van der Waals surface area contributed by atoms with Gasteiger partial charge in [0.05, 0.1) is 23.4 Å². The van der Waals surface area contributed by atoms with Gasteiger partial charge in [-0.05, 0) is 42.8 Å². The summed E-state index contributed by atoms with van der Waals surface area (Å²) < 4.78 is 8.85. The highest BCUT2D eigenvalue weighted by Gasteiger charge is 2.37. The van der Waals surface area contributed by atoms with Crippen LogP contribution >= 0.6 is 24.0 Å². The average molecular weight is 438 g/mol. The maximum absolute atomic E-state index is 13.3. The van der Waals surface area contributed by atoms with Crippen LogP contribution in [0.25, 0.3) is 11.8 Å². The van der Waals surface area contributed by atoms with Crippen LogP contribution in [0.2, 0.25) is 0 Å². The molecule has 1 saturated heterocycles. The highest BCUT2D eigenvalue weighted by atomic mass is 32.2. The SMILES string of the molecule is COc1cccc(/C=C2\SC(=S)N(c3c(C)n(C)n(-c4ccccc4)c3=O)C2=O)c1. The third-order valence-corrected chi connectivity index (χ3v) is 6.23. The van der Waals surface area contributed by atoms with E-state index in [0.717, 1.165) is 11.3 Å². The third kappa shape index (κ3) is 3.38. The Hall–Kier alpha value is -3.10. The van der Waals surface area contributed by atoms with Gasteiger partial charge in [0, 0.05) is 7.05 Å². The molecule has 3 aromatic rings. The van der Waals surface area contributed by atoms with Crippen molar-refractivity contribution in [3.63, 3.8) is 0 Å². The lowest BCUT2D eigenvalue weighted by atomic mass is 10.2. The minimum atomic E-state index is -0.307. The van der Waals surface area contributed by atoms with Crippen LogP contribution in [-0.2, 0) is 11.8 Å². The molecule has 0 saturated carbocycles. The summed E-state index contributed by atoms with van der Waals surface area (Å²) in [5.41, 5.74) is 2.18. The minimum absolute atomic E-state index is 0.276. The van der Waals surface area contributed by atoms with Gasteiger partial charge in [0.15, 0.2) is 4.32 Å². The van der Waals surface area contributed by atoms with Gasteiger partial charge in [0.1, 0.15) is 11.4 Å². The van der Waals surface area contributed by atoms with Crippen molar-refractivity contribution in [2.75, 3.05) is 12.0 Å². The molecule has 0 aliphatic carbocycles. The molecular weight excluding hydrogens is 418 g/mol. The smallest absolute Gasteiger partial charge is 0.296 e. The maximum atomic E-state index is 13.3. The molecule has 0 bridgehead atoms. The monoisotopic (exact) mass is 437 g/mol. The summed E-state index contributed by atoms with van der Waals surface area (Å²) in [7, 11) is 3.38. The van der Waals surface area contributed by atoms with E-state index in [-0.39, 0.29) is 17.2 Å². The van der Waals surface area contributed by atoms with Crippen LogP contribution in [0, 0.1) is 6.92 Å². The number of benzene rings is 2. The number of anilines is 1. The normalized spacial score (nSPS) is 15.3. The number of amides is 1. The first kappa shape index (κ1) is 20.2. The van der Waals surface area contributed by atoms with Crippen LogP contribution in [0.3, 0.4) is 0 Å². The fourth-order valence-electron chi connectivity index (χ4n) is 3.35. The summed E-state index contributed by atoms with van der Waals surface area (Å²) >= 11 is 6.66. The van der Waals surface area contributed by atoms with Gasteiger partial charge in [-0.3, -0.25) is 19.2 Å². The number of ether oxygens (including phenoxy) is 1. The predicted octanol–water partition coefficient (Wildman–Crippen LogP) is 3.90. The van der Waals surface area contributed by atoms with E-state index in [0.29, 0.717) is 20.7 Å². The third-order valence-electron chi connectivity index (χ3n) is 4.93. The molecule has 0 spiro atoms. The van der Waals surface area contributed by atoms with Crippen molar-refractivity contribution >= 4 is 46.0 Å². The molecule has 4 rings (SSSR count). The molecule has 0 atom stereocenters. The Labute approximate surface area is 183 Å². The van der Waals surface area contributed by atoms with E-state index in [9.17, 15) is 9.59 Å². The van der Waals surface area contributed by atoms with Crippen LogP contribution in [-0.4, -0.2) is 26.7 Å². The van der Waals surface area contributed by atoms with Crippen molar-refractivity contribution in [2.45, 2.75) is 6.92 Å². The van der Waals surface area contributed by atoms with E-state index in [4.69, 9.17) is 17.0 Å². The van der Waals surface area contributed by atoms with Crippen molar-refractivity contribution in [2.24, 2.45) is 7.05 Å². The molecule has 1 aliphatic rings. The number of para-hydroxylation sites is 1. The van der Waals surface area contributed by atoms with E-state index in [2.05, 4.69) is 0 Å². The van der Waals surface area contributed by atoms with Gasteiger partial charge in [0.25, 0.3) is 11.5 Å². The van der Waals surface area contributed by atoms with Crippen molar-refractivity contribution in [1.82, 2.24) is 9.36 Å². The van der Waals surface area contributed by atoms with Gasteiger partial charge in [-0.15, -0.1) is 0 Å². The molecule has 8 heteroatoms. The zero-order chi connectivity index (χ0) is 21.4. The van der Waals surface area contributed by atoms with Gasteiger partial charge < -0.3 is 4.74 Å². The highest BCUT2D eigenvalue weighted by Crippen LogP contribution is 2.36. The summed E-state index contributed by atoms with van der Waals surface area (Å²) in [6.07, 6.45) is 1.76. The fourth-order valence-corrected chi connectivity index (χ4v) is 4.63. The first-order valence-corrected chi connectivity index (χ1v) is 10.4. The van der Waals surface area contributed by atoms with Crippen LogP contribution in [0.1, 0.15) is 11.3 Å².